The number of hydrogen-bond acceptors (Lipinski definition) is 2. The molecule has 0 aromatic carbocycles. The van der Waals surface area contributed by atoms with Crippen molar-refractivity contribution in [2.24, 2.45) is 0 Å². The number of aromatic nitrogens is 1. The summed E-state index contributed by atoms with van der Waals surface area (Å²) in [5, 5.41) is 2.38. The molecule has 17 heavy (non-hydrogen) atoms. The average molecular weight is 311 g/mol. The summed E-state index contributed by atoms with van der Waals surface area (Å²) in [4.78, 5) is 15.3. The molecule has 0 atom stereocenters. The van der Waals surface area contributed by atoms with Crippen molar-refractivity contribution >= 4 is 21.8 Å². The molecule has 0 aliphatic heterocycles. The third-order valence-electron chi connectivity index (χ3n) is 1.87. The zero-order chi connectivity index (χ0) is 12.9. The topological polar surface area (TPSA) is 42.0 Å². The Hall–Kier alpha value is -1.11. The second kappa shape index (κ2) is 6.00. The number of carbonyl (C=O) groups is 1. The summed E-state index contributed by atoms with van der Waals surface area (Å²) in [7, 11) is 0. The molecule has 1 rings (SSSR count). The van der Waals surface area contributed by atoms with Gasteiger partial charge < -0.3 is 5.32 Å². The fourth-order valence-corrected chi connectivity index (χ4v) is 1.46. The first-order valence-electron chi connectivity index (χ1n) is 4.86. The van der Waals surface area contributed by atoms with Crippen molar-refractivity contribution in [3.8, 4) is 0 Å². The van der Waals surface area contributed by atoms with Crippen molar-refractivity contribution in [3.63, 3.8) is 0 Å². The predicted octanol–water partition coefficient (Wildman–Crippen LogP) is 2.92. The van der Waals surface area contributed by atoms with Crippen LogP contribution in [0.3, 0.4) is 0 Å². The number of nitrogens with zero attached hydrogens (tertiary/aromatic N) is 1. The van der Waals surface area contributed by atoms with Crippen molar-refractivity contribution in [1.29, 1.82) is 0 Å². The van der Waals surface area contributed by atoms with Gasteiger partial charge >= 0.3 is 6.18 Å². The Balaban J connectivity index is 2.36. The monoisotopic (exact) mass is 310 g/mol. The van der Waals surface area contributed by atoms with Crippen LogP contribution in [0, 0.1) is 0 Å². The molecule has 3 nitrogen and oxygen atoms in total. The number of nitrogens with one attached hydrogen (secondary N) is 1. The summed E-state index contributed by atoms with van der Waals surface area (Å²) < 4.78 is 36.0. The largest absolute Gasteiger partial charge is 0.389 e. The van der Waals surface area contributed by atoms with Crippen LogP contribution in [0.5, 0.6) is 0 Å². The molecule has 0 spiro atoms. The van der Waals surface area contributed by atoms with Gasteiger partial charge in [-0.3, -0.25) is 4.79 Å². The molecule has 0 fully saturated rings. The fraction of sp³-hybridized carbons (Fsp3) is 0.400. The molecule has 0 saturated heterocycles. The molecule has 0 aliphatic rings. The minimum absolute atomic E-state index is 0.0213. The Morgan fingerprint density at radius 3 is 2.71 bits per heavy atom. The quantitative estimate of drug-likeness (QED) is 0.686. The van der Waals surface area contributed by atoms with Gasteiger partial charge in [0.1, 0.15) is 10.3 Å². The van der Waals surface area contributed by atoms with Crippen molar-refractivity contribution in [2.45, 2.75) is 19.0 Å². The summed E-state index contributed by atoms with van der Waals surface area (Å²) in [6.07, 6.45) is -5.22. The van der Waals surface area contributed by atoms with E-state index in [1.165, 1.54) is 6.07 Å². The molecule has 94 valence electrons. The molecule has 0 bridgehead atoms. The Morgan fingerprint density at radius 1 is 1.41 bits per heavy atom. The lowest BCUT2D eigenvalue weighted by atomic mass is 10.3. The Morgan fingerprint density at radius 2 is 2.12 bits per heavy atom. The molecule has 0 saturated carbocycles. The number of pyridine rings is 1. The highest BCUT2D eigenvalue weighted by atomic mass is 79.9. The Bertz CT molecular complexity index is 395. The third-order valence-corrected chi connectivity index (χ3v) is 2.31. The number of alkyl halides is 3. The van der Waals surface area contributed by atoms with Gasteiger partial charge in [-0.25, -0.2) is 4.98 Å². The van der Waals surface area contributed by atoms with Crippen LogP contribution >= 0.6 is 15.9 Å². The molecule has 1 amide bonds. The van der Waals surface area contributed by atoms with E-state index in [0.29, 0.717) is 4.60 Å². The van der Waals surface area contributed by atoms with Crippen LogP contribution in [0.25, 0.3) is 0 Å². The van der Waals surface area contributed by atoms with Gasteiger partial charge in [0.25, 0.3) is 5.91 Å². The van der Waals surface area contributed by atoms with E-state index in [-0.39, 0.29) is 18.7 Å². The van der Waals surface area contributed by atoms with Crippen molar-refractivity contribution in [2.75, 3.05) is 6.54 Å². The third kappa shape index (κ3) is 5.67. The van der Waals surface area contributed by atoms with E-state index in [1.54, 1.807) is 12.1 Å². The number of hydrogen-bond donors (Lipinski definition) is 1. The molecule has 7 heteroatoms. The van der Waals surface area contributed by atoms with Gasteiger partial charge in [0, 0.05) is 13.0 Å². The van der Waals surface area contributed by atoms with Gasteiger partial charge in [0.2, 0.25) is 0 Å². The molecule has 1 aromatic heterocycles. The molecular weight excluding hydrogens is 301 g/mol. The van der Waals surface area contributed by atoms with E-state index in [1.807, 2.05) is 0 Å². The molecule has 0 radical (unpaired) electrons. The van der Waals surface area contributed by atoms with Crippen molar-refractivity contribution in [1.82, 2.24) is 10.3 Å². The van der Waals surface area contributed by atoms with Gasteiger partial charge in [-0.05, 0) is 34.5 Å². The number of halogens is 4. The lowest BCUT2D eigenvalue weighted by molar-refractivity contribution is -0.135. The second-order valence-electron chi connectivity index (χ2n) is 3.32. The average Bonchev–Trinajstić information content (AvgIpc) is 2.23. The summed E-state index contributed by atoms with van der Waals surface area (Å²) in [6.45, 7) is -0.0213. The zero-order valence-corrected chi connectivity index (χ0v) is 10.3. The lowest BCUT2D eigenvalue weighted by Crippen LogP contribution is -2.26. The zero-order valence-electron chi connectivity index (χ0n) is 8.72. The standard InChI is InChI=1S/C10H10BrF3N2O/c11-8-4-1-3-7(16-8)9(17)15-6-2-5-10(12,13)14/h1,3-4H,2,5-6H2,(H,15,17). The first kappa shape index (κ1) is 14.0. The van der Waals surface area contributed by atoms with Crippen LogP contribution in [0.4, 0.5) is 13.2 Å². The Labute approximate surface area is 105 Å². The first-order valence-corrected chi connectivity index (χ1v) is 5.65. The number of rotatable bonds is 4. The minimum atomic E-state index is -4.18. The number of carbonyl (C=O) groups excluding carboxylic acids is 1. The summed E-state index contributed by atoms with van der Waals surface area (Å²) in [5.41, 5.74) is 0.173. The van der Waals surface area contributed by atoms with Gasteiger partial charge in [-0.1, -0.05) is 6.07 Å². The second-order valence-corrected chi connectivity index (χ2v) is 4.13. The van der Waals surface area contributed by atoms with Gasteiger partial charge in [-0.15, -0.1) is 0 Å². The maximum atomic E-state index is 11.8. The normalized spacial score (nSPS) is 11.3. The van der Waals surface area contributed by atoms with Crippen LogP contribution in [0.15, 0.2) is 22.8 Å². The van der Waals surface area contributed by atoms with Crippen molar-refractivity contribution in [3.05, 3.63) is 28.5 Å². The summed E-state index contributed by atoms with van der Waals surface area (Å²) in [6, 6.07) is 4.77. The van der Waals surface area contributed by atoms with Crippen LogP contribution < -0.4 is 5.32 Å². The molecule has 0 aliphatic carbocycles. The lowest BCUT2D eigenvalue weighted by Gasteiger charge is -2.07. The predicted molar refractivity (Wildman–Crippen MR) is 59.6 cm³/mol. The molecular formula is C10H10BrF3N2O. The SMILES string of the molecule is O=C(NCCCC(F)(F)F)c1cccc(Br)n1. The highest BCUT2D eigenvalue weighted by molar-refractivity contribution is 9.10. The Kier molecular flexibility index (Phi) is 4.92. The van der Waals surface area contributed by atoms with Crippen LogP contribution in [-0.4, -0.2) is 23.6 Å². The van der Waals surface area contributed by atoms with Crippen LogP contribution in [0.2, 0.25) is 0 Å². The summed E-state index contributed by atoms with van der Waals surface area (Å²) in [5.74, 6) is -0.478. The first-order chi connectivity index (χ1) is 7.88. The maximum absolute atomic E-state index is 11.8. The maximum Gasteiger partial charge on any atom is 0.389 e. The highest BCUT2D eigenvalue weighted by Gasteiger charge is 2.26. The highest BCUT2D eigenvalue weighted by Crippen LogP contribution is 2.20. The van der Waals surface area contributed by atoms with E-state index < -0.39 is 18.5 Å². The molecule has 1 aromatic rings. The van der Waals surface area contributed by atoms with E-state index in [9.17, 15) is 18.0 Å². The molecule has 1 N–H and O–H groups in total. The summed E-state index contributed by atoms with van der Waals surface area (Å²) >= 11 is 3.10. The van der Waals surface area contributed by atoms with E-state index in [2.05, 4.69) is 26.2 Å². The fourth-order valence-electron chi connectivity index (χ4n) is 1.12. The smallest absolute Gasteiger partial charge is 0.351 e. The molecule has 0 unspecified atom stereocenters. The van der Waals surface area contributed by atoms with Crippen LogP contribution in [-0.2, 0) is 0 Å². The van der Waals surface area contributed by atoms with E-state index in [4.69, 9.17) is 0 Å². The van der Waals surface area contributed by atoms with E-state index >= 15 is 0 Å². The van der Waals surface area contributed by atoms with E-state index in [0.717, 1.165) is 0 Å². The number of amides is 1. The van der Waals surface area contributed by atoms with Crippen LogP contribution in [0.1, 0.15) is 23.3 Å². The molecule has 1 heterocycles. The van der Waals surface area contributed by atoms with Crippen molar-refractivity contribution < 1.29 is 18.0 Å². The van der Waals surface area contributed by atoms with Gasteiger partial charge in [0.05, 0.1) is 0 Å². The minimum Gasteiger partial charge on any atom is -0.351 e. The van der Waals surface area contributed by atoms with Gasteiger partial charge in [-0.2, -0.15) is 13.2 Å². The van der Waals surface area contributed by atoms with Gasteiger partial charge in [0.15, 0.2) is 0 Å².